The predicted molar refractivity (Wildman–Crippen MR) is 102 cm³/mol. The van der Waals surface area contributed by atoms with Crippen LogP contribution < -0.4 is 4.72 Å². The standard InChI is InChI=1S/C21H21NO2S/c1-17-12-14-20(15-13-17)21(19-10-6-3-7-11-19)22-25(23,24)16-18-8-4-2-5-9-18/h2-15,21-22H,16H2,1H3/t21-/m0/s1. The van der Waals surface area contributed by atoms with Crippen molar-refractivity contribution >= 4 is 10.0 Å². The van der Waals surface area contributed by atoms with E-state index in [2.05, 4.69) is 4.72 Å². The van der Waals surface area contributed by atoms with Crippen LogP contribution in [-0.4, -0.2) is 8.42 Å². The van der Waals surface area contributed by atoms with Crippen LogP contribution >= 0.6 is 0 Å². The number of nitrogens with one attached hydrogen (secondary N) is 1. The second kappa shape index (κ2) is 7.64. The second-order valence-electron chi connectivity index (χ2n) is 6.12. The zero-order valence-electron chi connectivity index (χ0n) is 14.1. The molecule has 0 heterocycles. The number of rotatable bonds is 6. The normalized spacial score (nSPS) is 12.7. The van der Waals surface area contributed by atoms with Crippen LogP contribution in [0.3, 0.4) is 0 Å². The molecule has 0 aliphatic carbocycles. The topological polar surface area (TPSA) is 46.2 Å². The number of sulfonamides is 1. The molecule has 0 saturated carbocycles. The van der Waals surface area contributed by atoms with Crippen LogP contribution in [0.15, 0.2) is 84.9 Å². The maximum atomic E-state index is 12.7. The molecule has 3 rings (SSSR count). The van der Waals surface area contributed by atoms with Crippen molar-refractivity contribution in [2.45, 2.75) is 18.7 Å². The highest BCUT2D eigenvalue weighted by atomic mass is 32.2. The van der Waals surface area contributed by atoms with E-state index in [-0.39, 0.29) is 5.75 Å². The number of hydrogen-bond acceptors (Lipinski definition) is 2. The zero-order valence-corrected chi connectivity index (χ0v) is 14.9. The Morgan fingerprint density at radius 3 is 1.88 bits per heavy atom. The number of hydrogen-bond donors (Lipinski definition) is 1. The molecule has 0 aliphatic heterocycles. The van der Waals surface area contributed by atoms with Crippen molar-refractivity contribution in [1.29, 1.82) is 0 Å². The van der Waals surface area contributed by atoms with Gasteiger partial charge in [0, 0.05) is 0 Å². The Labute approximate surface area is 149 Å². The van der Waals surface area contributed by atoms with Gasteiger partial charge in [-0.25, -0.2) is 13.1 Å². The molecule has 1 atom stereocenters. The van der Waals surface area contributed by atoms with Gasteiger partial charge in [0.25, 0.3) is 0 Å². The van der Waals surface area contributed by atoms with Crippen LogP contribution in [0.2, 0.25) is 0 Å². The first-order valence-electron chi connectivity index (χ1n) is 8.19. The summed E-state index contributed by atoms with van der Waals surface area (Å²) in [5.74, 6) is -0.0387. The summed E-state index contributed by atoms with van der Waals surface area (Å²) in [7, 11) is -3.49. The van der Waals surface area contributed by atoms with Crippen molar-refractivity contribution in [3.8, 4) is 0 Å². The monoisotopic (exact) mass is 351 g/mol. The molecule has 1 N–H and O–H groups in total. The van der Waals surface area contributed by atoms with Gasteiger partial charge in [0.1, 0.15) is 0 Å². The van der Waals surface area contributed by atoms with Gasteiger partial charge in [0.2, 0.25) is 10.0 Å². The summed E-state index contributed by atoms with van der Waals surface area (Å²) in [6.45, 7) is 2.01. The quantitative estimate of drug-likeness (QED) is 0.723. The molecule has 0 aromatic heterocycles. The summed E-state index contributed by atoms with van der Waals surface area (Å²) < 4.78 is 28.3. The fraction of sp³-hybridized carbons (Fsp3) is 0.143. The van der Waals surface area contributed by atoms with E-state index in [9.17, 15) is 8.42 Å². The number of aryl methyl sites for hydroxylation is 1. The molecule has 0 bridgehead atoms. The van der Waals surface area contributed by atoms with Crippen LogP contribution in [-0.2, 0) is 15.8 Å². The molecule has 4 heteroatoms. The molecule has 25 heavy (non-hydrogen) atoms. The van der Waals surface area contributed by atoms with Crippen molar-refractivity contribution in [3.05, 3.63) is 107 Å². The van der Waals surface area contributed by atoms with Crippen molar-refractivity contribution < 1.29 is 8.42 Å². The Morgan fingerprint density at radius 2 is 1.28 bits per heavy atom. The minimum atomic E-state index is -3.49. The van der Waals surface area contributed by atoms with Gasteiger partial charge in [-0.1, -0.05) is 90.5 Å². The van der Waals surface area contributed by atoms with Gasteiger partial charge in [-0.2, -0.15) is 0 Å². The smallest absolute Gasteiger partial charge is 0.212 e. The first-order chi connectivity index (χ1) is 12.0. The second-order valence-corrected chi connectivity index (χ2v) is 7.87. The van der Waals surface area contributed by atoms with E-state index in [1.165, 1.54) is 0 Å². The van der Waals surface area contributed by atoms with Crippen LogP contribution in [0.5, 0.6) is 0 Å². The molecule has 128 valence electrons. The van der Waals surface area contributed by atoms with Crippen LogP contribution in [0.25, 0.3) is 0 Å². The third-order valence-corrected chi connectivity index (χ3v) is 5.35. The summed E-state index contributed by atoms with van der Waals surface area (Å²) in [5.41, 5.74) is 3.75. The van der Waals surface area contributed by atoms with Gasteiger partial charge in [-0.05, 0) is 23.6 Å². The first kappa shape index (κ1) is 17.4. The summed E-state index contributed by atoms with van der Waals surface area (Å²) in [5, 5.41) is 0. The molecule has 0 amide bonds. The highest BCUT2D eigenvalue weighted by Gasteiger charge is 2.21. The lowest BCUT2D eigenvalue weighted by Crippen LogP contribution is -2.30. The van der Waals surface area contributed by atoms with E-state index in [1.54, 1.807) is 0 Å². The van der Waals surface area contributed by atoms with Gasteiger partial charge in [-0.15, -0.1) is 0 Å². The zero-order chi connectivity index (χ0) is 17.7. The minimum Gasteiger partial charge on any atom is -0.212 e. The molecule has 0 radical (unpaired) electrons. The molecule has 0 aliphatic rings. The van der Waals surface area contributed by atoms with E-state index in [4.69, 9.17) is 0 Å². The lowest BCUT2D eigenvalue weighted by Gasteiger charge is -2.20. The Bertz CT molecular complexity index is 905. The molecule has 0 unspecified atom stereocenters. The van der Waals surface area contributed by atoms with E-state index < -0.39 is 16.1 Å². The van der Waals surface area contributed by atoms with Crippen LogP contribution in [0, 0.1) is 6.92 Å². The first-order valence-corrected chi connectivity index (χ1v) is 9.84. The van der Waals surface area contributed by atoms with Crippen LogP contribution in [0.1, 0.15) is 28.3 Å². The molecular formula is C21H21NO2S. The predicted octanol–water partition coefficient (Wildman–Crippen LogP) is 4.20. The highest BCUT2D eigenvalue weighted by molar-refractivity contribution is 7.88. The lowest BCUT2D eigenvalue weighted by atomic mass is 9.99. The third-order valence-electron chi connectivity index (χ3n) is 4.04. The van der Waals surface area contributed by atoms with E-state index in [0.717, 1.165) is 22.3 Å². The fourth-order valence-corrected chi connectivity index (χ4v) is 4.09. The maximum Gasteiger partial charge on any atom is 0.216 e. The largest absolute Gasteiger partial charge is 0.216 e. The summed E-state index contributed by atoms with van der Waals surface area (Å²) >= 11 is 0. The summed E-state index contributed by atoms with van der Waals surface area (Å²) in [4.78, 5) is 0. The molecule has 3 aromatic rings. The van der Waals surface area contributed by atoms with Crippen molar-refractivity contribution in [2.75, 3.05) is 0 Å². The van der Waals surface area contributed by atoms with Gasteiger partial charge in [0.05, 0.1) is 11.8 Å². The van der Waals surface area contributed by atoms with Gasteiger partial charge < -0.3 is 0 Å². The molecule has 0 fully saturated rings. The van der Waals surface area contributed by atoms with Gasteiger partial charge in [-0.3, -0.25) is 0 Å². The highest BCUT2D eigenvalue weighted by Crippen LogP contribution is 2.24. The summed E-state index contributed by atoms with van der Waals surface area (Å²) in [6, 6.07) is 26.4. The van der Waals surface area contributed by atoms with Crippen molar-refractivity contribution in [3.63, 3.8) is 0 Å². The molecule has 0 saturated heterocycles. The van der Waals surface area contributed by atoms with Crippen LogP contribution in [0.4, 0.5) is 0 Å². The summed E-state index contributed by atoms with van der Waals surface area (Å²) in [6.07, 6.45) is 0. The molecular weight excluding hydrogens is 330 g/mol. The molecule has 3 nitrogen and oxygen atoms in total. The maximum absolute atomic E-state index is 12.7. The van der Waals surface area contributed by atoms with Gasteiger partial charge in [0.15, 0.2) is 0 Å². The Morgan fingerprint density at radius 1 is 0.760 bits per heavy atom. The van der Waals surface area contributed by atoms with Crippen molar-refractivity contribution in [2.24, 2.45) is 0 Å². The third kappa shape index (κ3) is 4.78. The average Bonchev–Trinajstić information content (AvgIpc) is 2.62. The van der Waals surface area contributed by atoms with Gasteiger partial charge >= 0.3 is 0 Å². The number of benzene rings is 3. The Hall–Kier alpha value is -2.43. The lowest BCUT2D eigenvalue weighted by molar-refractivity contribution is 0.571. The minimum absolute atomic E-state index is 0.0387. The SMILES string of the molecule is Cc1ccc([C@@H](NS(=O)(=O)Cc2ccccc2)c2ccccc2)cc1. The average molecular weight is 351 g/mol. The van der Waals surface area contributed by atoms with Crippen molar-refractivity contribution in [1.82, 2.24) is 4.72 Å². The van der Waals surface area contributed by atoms with E-state index in [1.807, 2.05) is 91.9 Å². The van der Waals surface area contributed by atoms with E-state index >= 15 is 0 Å². The Kier molecular flexibility index (Phi) is 5.31. The molecule has 3 aromatic carbocycles. The molecule has 0 spiro atoms. The van der Waals surface area contributed by atoms with E-state index in [0.29, 0.717) is 0 Å². The fourth-order valence-electron chi connectivity index (χ4n) is 2.75. The Balaban J connectivity index is 1.91.